The number of rotatable bonds is 6. The molecule has 0 spiro atoms. The van der Waals surface area contributed by atoms with E-state index < -0.39 is 10.0 Å². The highest BCUT2D eigenvalue weighted by atomic mass is 32.2. The molecule has 0 radical (unpaired) electrons. The molecule has 0 saturated carbocycles. The Bertz CT molecular complexity index is 702. The average Bonchev–Trinajstić information content (AvgIpc) is 3.08. The fourth-order valence-electron chi connectivity index (χ4n) is 2.87. The molecular formula is C16H21N3O2S2. The summed E-state index contributed by atoms with van der Waals surface area (Å²) in [6, 6.07) is 9.28. The first-order chi connectivity index (χ1) is 11.1. The molecular weight excluding hydrogens is 330 g/mol. The molecule has 1 aromatic carbocycles. The molecule has 5 nitrogen and oxygen atoms in total. The van der Waals surface area contributed by atoms with Gasteiger partial charge in [-0.2, -0.15) is 0 Å². The van der Waals surface area contributed by atoms with Crippen LogP contribution in [0.3, 0.4) is 0 Å². The molecule has 1 fully saturated rings. The number of sulfonamides is 1. The van der Waals surface area contributed by atoms with Gasteiger partial charge in [-0.3, -0.25) is 0 Å². The predicted molar refractivity (Wildman–Crippen MR) is 94.1 cm³/mol. The minimum atomic E-state index is -3.29. The maximum atomic E-state index is 12.2. The number of piperidine rings is 1. The number of hydrogen-bond donors (Lipinski definition) is 1. The zero-order valence-corrected chi connectivity index (χ0v) is 14.5. The lowest BCUT2D eigenvalue weighted by molar-refractivity contribution is 0.410. The van der Waals surface area contributed by atoms with E-state index >= 15 is 0 Å². The number of anilines is 1. The van der Waals surface area contributed by atoms with Gasteiger partial charge in [-0.1, -0.05) is 30.3 Å². The maximum Gasteiger partial charge on any atom is 0.215 e. The molecule has 23 heavy (non-hydrogen) atoms. The molecule has 2 heterocycles. The van der Waals surface area contributed by atoms with Gasteiger partial charge in [0.25, 0.3) is 0 Å². The highest BCUT2D eigenvalue weighted by Crippen LogP contribution is 2.24. The van der Waals surface area contributed by atoms with Crippen LogP contribution in [0.5, 0.6) is 0 Å². The third-order valence-corrected chi connectivity index (χ3v) is 6.15. The quantitative estimate of drug-likeness (QED) is 0.868. The Morgan fingerprint density at radius 2 is 2.13 bits per heavy atom. The summed E-state index contributed by atoms with van der Waals surface area (Å²) in [6.45, 7) is 2.36. The third-order valence-electron chi connectivity index (χ3n) is 4.00. The molecule has 1 N–H and O–H groups in total. The van der Waals surface area contributed by atoms with E-state index in [-0.39, 0.29) is 5.75 Å². The Morgan fingerprint density at radius 1 is 1.30 bits per heavy atom. The topological polar surface area (TPSA) is 62.3 Å². The monoisotopic (exact) mass is 351 g/mol. The van der Waals surface area contributed by atoms with Crippen molar-refractivity contribution < 1.29 is 8.42 Å². The van der Waals surface area contributed by atoms with Gasteiger partial charge in [0.1, 0.15) is 0 Å². The SMILES string of the molecule is O=S(=O)(Cc1ccccc1)NCC1CCCN(c2nccs2)C1. The molecule has 1 unspecified atom stereocenters. The summed E-state index contributed by atoms with van der Waals surface area (Å²) >= 11 is 1.63. The zero-order valence-electron chi connectivity index (χ0n) is 12.9. The number of nitrogens with zero attached hydrogens (tertiary/aromatic N) is 2. The third kappa shape index (κ3) is 4.76. The Labute approximate surface area is 141 Å². The summed E-state index contributed by atoms with van der Waals surface area (Å²) in [5.74, 6) is 0.370. The number of benzene rings is 1. The molecule has 1 saturated heterocycles. The van der Waals surface area contributed by atoms with Crippen LogP contribution in [0.15, 0.2) is 41.9 Å². The van der Waals surface area contributed by atoms with E-state index in [0.29, 0.717) is 12.5 Å². The van der Waals surface area contributed by atoms with Gasteiger partial charge in [0.2, 0.25) is 10.0 Å². The van der Waals surface area contributed by atoms with Gasteiger partial charge in [0.15, 0.2) is 5.13 Å². The lowest BCUT2D eigenvalue weighted by Gasteiger charge is -2.32. The first-order valence-electron chi connectivity index (χ1n) is 7.78. The zero-order chi connectivity index (χ0) is 16.1. The standard InChI is InChI=1S/C16H21N3O2S2/c20-23(21,13-14-5-2-1-3-6-14)18-11-15-7-4-9-19(12-15)16-17-8-10-22-16/h1-3,5-6,8,10,15,18H,4,7,9,11-13H2. The lowest BCUT2D eigenvalue weighted by Crippen LogP contribution is -2.41. The lowest BCUT2D eigenvalue weighted by atomic mass is 9.99. The molecule has 2 aromatic rings. The van der Waals surface area contributed by atoms with Crippen LogP contribution in [0.2, 0.25) is 0 Å². The maximum absolute atomic E-state index is 12.2. The first-order valence-corrected chi connectivity index (χ1v) is 10.3. The van der Waals surface area contributed by atoms with Crippen LogP contribution in [-0.2, 0) is 15.8 Å². The summed E-state index contributed by atoms with van der Waals surface area (Å²) in [5, 5.41) is 3.00. The van der Waals surface area contributed by atoms with Gasteiger partial charge in [0.05, 0.1) is 5.75 Å². The Kier molecular flexibility index (Phi) is 5.30. The van der Waals surface area contributed by atoms with E-state index in [1.165, 1.54) is 0 Å². The van der Waals surface area contributed by atoms with E-state index in [1.54, 1.807) is 11.3 Å². The van der Waals surface area contributed by atoms with E-state index in [4.69, 9.17) is 0 Å². The van der Waals surface area contributed by atoms with Gasteiger partial charge >= 0.3 is 0 Å². The fraction of sp³-hybridized carbons (Fsp3) is 0.438. The second kappa shape index (κ2) is 7.42. The van der Waals surface area contributed by atoms with Crippen molar-refractivity contribution in [2.75, 3.05) is 24.5 Å². The van der Waals surface area contributed by atoms with E-state index in [2.05, 4.69) is 14.6 Å². The second-order valence-electron chi connectivity index (χ2n) is 5.86. The molecule has 1 atom stereocenters. The van der Waals surface area contributed by atoms with E-state index in [0.717, 1.165) is 36.6 Å². The average molecular weight is 351 g/mol. The van der Waals surface area contributed by atoms with Crippen molar-refractivity contribution in [2.45, 2.75) is 18.6 Å². The molecule has 0 aliphatic carbocycles. The Hall–Kier alpha value is -1.44. The van der Waals surface area contributed by atoms with Crippen molar-refractivity contribution in [3.8, 4) is 0 Å². The number of hydrogen-bond acceptors (Lipinski definition) is 5. The van der Waals surface area contributed by atoms with Crippen molar-refractivity contribution in [1.29, 1.82) is 0 Å². The minimum absolute atomic E-state index is 0.0384. The van der Waals surface area contributed by atoms with Crippen molar-refractivity contribution in [1.82, 2.24) is 9.71 Å². The summed E-state index contributed by atoms with van der Waals surface area (Å²) in [4.78, 5) is 6.60. The van der Waals surface area contributed by atoms with Crippen LogP contribution in [0.1, 0.15) is 18.4 Å². The predicted octanol–water partition coefficient (Wildman–Crippen LogP) is 2.48. The number of nitrogens with one attached hydrogen (secondary N) is 1. The van der Waals surface area contributed by atoms with Crippen LogP contribution in [-0.4, -0.2) is 33.0 Å². The molecule has 0 bridgehead atoms. The van der Waals surface area contributed by atoms with Crippen molar-refractivity contribution >= 4 is 26.5 Å². The summed E-state index contributed by atoms with van der Waals surface area (Å²) in [5.41, 5.74) is 0.813. The van der Waals surface area contributed by atoms with E-state index in [9.17, 15) is 8.42 Å². The van der Waals surface area contributed by atoms with Crippen LogP contribution in [0, 0.1) is 5.92 Å². The number of aromatic nitrogens is 1. The highest BCUT2D eigenvalue weighted by Gasteiger charge is 2.23. The van der Waals surface area contributed by atoms with Gasteiger partial charge in [-0.15, -0.1) is 11.3 Å². The van der Waals surface area contributed by atoms with Crippen LogP contribution in [0.25, 0.3) is 0 Å². The largest absolute Gasteiger partial charge is 0.348 e. The van der Waals surface area contributed by atoms with Gasteiger partial charge in [0, 0.05) is 31.2 Å². The first kappa shape index (κ1) is 16.4. The van der Waals surface area contributed by atoms with Gasteiger partial charge < -0.3 is 4.90 Å². The fourth-order valence-corrected chi connectivity index (χ4v) is 4.77. The summed E-state index contributed by atoms with van der Waals surface area (Å²) in [7, 11) is -3.29. The van der Waals surface area contributed by atoms with E-state index in [1.807, 2.05) is 41.9 Å². The molecule has 0 amide bonds. The van der Waals surface area contributed by atoms with Gasteiger partial charge in [-0.05, 0) is 24.3 Å². The van der Waals surface area contributed by atoms with Crippen molar-refractivity contribution in [3.63, 3.8) is 0 Å². The molecule has 124 valence electrons. The Morgan fingerprint density at radius 3 is 2.87 bits per heavy atom. The molecule has 1 aliphatic rings. The smallest absolute Gasteiger partial charge is 0.215 e. The number of thiazole rings is 1. The van der Waals surface area contributed by atoms with Crippen LogP contribution >= 0.6 is 11.3 Å². The van der Waals surface area contributed by atoms with Crippen LogP contribution < -0.4 is 9.62 Å². The highest BCUT2D eigenvalue weighted by molar-refractivity contribution is 7.88. The van der Waals surface area contributed by atoms with Crippen molar-refractivity contribution in [3.05, 3.63) is 47.5 Å². The molecule has 1 aromatic heterocycles. The summed E-state index contributed by atoms with van der Waals surface area (Å²) < 4.78 is 27.2. The Balaban J connectivity index is 1.53. The van der Waals surface area contributed by atoms with Gasteiger partial charge in [-0.25, -0.2) is 18.1 Å². The van der Waals surface area contributed by atoms with Crippen LogP contribution in [0.4, 0.5) is 5.13 Å². The molecule has 7 heteroatoms. The second-order valence-corrected chi connectivity index (χ2v) is 8.54. The normalized spacial score (nSPS) is 19.0. The molecule has 3 rings (SSSR count). The summed E-state index contributed by atoms with van der Waals surface area (Å²) in [6.07, 6.45) is 3.94. The molecule has 1 aliphatic heterocycles. The van der Waals surface area contributed by atoms with Crippen molar-refractivity contribution in [2.24, 2.45) is 5.92 Å². The minimum Gasteiger partial charge on any atom is -0.348 e.